The van der Waals surface area contributed by atoms with Crippen LogP contribution in [0.25, 0.3) is 0 Å². The van der Waals surface area contributed by atoms with Crippen LogP contribution in [0.5, 0.6) is 0 Å². The number of carbonyl (C=O) groups is 1. The fourth-order valence-electron chi connectivity index (χ4n) is 0.524. The van der Waals surface area contributed by atoms with E-state index in [1.165, 1.54) is 6.92 Å². The number of esters is 1. The number of hydrogen-bond acceptors (Lipinski definition) is 4. The highest BCUT2D eigenvalue weighted by Gasteiger charge is 2.53. The van der Waals surface area contributed by atoms with Crippen LogP contribution in [0.4, 0.5) is 0 Å². The van der Waals surface area contributed by atoms with Gasteiger partial charge in [-0.15, -0.1) is 0 Å². The molecule has 0 aliphatic carbocycles. The maximum atomic E-state index is 11.2. The Morgan fingerprint density at radius 1 is 1.25 bits per heavy atom. The maximum absolute atomic E-state index is 11.2. The summed E-state index contributed by atoms with van der Waals surface area (Å²) in [4.78, 5) is 48.2. The molecule has 0 saturated heterocycles. The molecule has 0 aliphatic heterocycles. The Balaban J connectivity index is 5.48. The van der Waals surface area contributed by atoms with E-state index in [2.05, 4.69) is 41.9 Å². The lowest BCUT2D eigenvalue weighted by molar-refractivity contribution is -0.141. The highest BCUT2D eigenvalue weighted by Crippen LogP contribution is 2.69. The van der Waals surface area contributed by atoms with Crippen molar-refractivity contribution in [1.82, 2.24) is 0 Å². The van der Waals surface area contributed by atoms with Crippen molar-refractivity contribution in [2.75, 3.05) is 0 Å². The third-order valence-electron chi connectivity index (χ3n) is 1.51. The average molecular weight is 305 g/mol. The zero-order valence-corrected chi connectivity index (χ0v) is 11.7. The van der Waals surface area contributed by atoms with E-state index in [9.17, 15) is 24.4 Å². The first-order valence-corrected chi connectivity index (χ1v) is 9.10. The Hall–Kier alpha value is 0.350. The van der Waals surface area contributed by atoms with Crippen molar-refractivity contribution in [3.63, 3.8) is 0 Å². The summed E-state index contributed by atoms with van der Waals surface area (Å²) >= 11 is 8.53. The van der Waals surface area contributed by atoms with Gasteiger partial charge in [0.05, 0.1) is 0 Å². The molecule has 0 aliphatic rings. The first kappa shape index (κ1) is 16.4. The Bertz CT molecular complexity index is 385. The van der Waals surface area contributed by atoms with Gasteiger partial charge in [-0.2, -0.15) is 0 Å². The van der Waals surface area contributed by atoms with Gasteiger partial charge in [-0.3, -0.25) is 0 Å². The molecule has 0 aromatic carbocycles. The van der Waals surface area contributed by atoms with Crippen LogP contribution < -0.4 is 0 Å². The number of hydrogen-bond donors (Lipinski definition) is 4. The van der Waals surface area contributed by atoms with E-state index in [4.69, 9.17) is 0 Å². The van der Waals surface area contributed by atoms with Gasteiger partial charge >= 0.3 is 5.97 Å². The Kier molecular flexibility index (Phi) is 5.03. The molecule has 0 fully saturated rings. The zero-order valence-electron chi connectivity index (χ0n) is 8.23. The van der Waals surface area contributed by atoms with Crippen molar-refractivity contribution in [3.8, 4) is 0 Å². The minimum absolute atomic E-state index is 0.0973. The molecule has 16 heavy (non-hydrogen) atoms. The van der Waals surface area contributed by atoms with Crippen LogP contribution >= 0.6 is 13.0 Å². The van der Waals surface area contributed by atoms with Crippen LogP contribution in [0.3, 0.4) is 0 Å². The van der Waals surface area contributed by atoms with Gasteiger partial charge in [0.25, 0.3) is 5.08 Å². The predicted molar refractivity (Wildman–Crippen MR) is 66.4 cm³/mol. The molecule has 0 atom stereocenters. The molecular weight excluding hydrogens is 294 g/mol. The van der Waals surface area contributed by atoms with Gasteiger partial charge in [0.2, 0.25) is 13.0 Å². The van der Waals surface area contributed by atoms with Gasteiger partial charge in [-0.25, -0.2) is 4.79 Å². The molecule has 0 amide bonds. The lowest BCUT2D eigenvalue weighted by Gasteiger charge is -2.35. The lowest BCUT2D eigenvalue weighted by atomic mass is 10.4. The standard InChI is InChI=1S/C6H11O6P2S2/c1-4(2)5(7)12-6(3,13(8,9)15)14(10,11)16/h1,3H2,2H3,(H2,8,9,15)(H2,10,11,16). The summed E-state index contributed by atoms with van der Waals surface area (Å²) < 4.78 is 4.47. The van der Waals surface area contributed by atoms with E-state index in [1.54, 1.807) is 0 Å². The molecule has 0 rings (SSSR count). The fraction of sp³-hybridized carbons (Fsp3) is 0.333. The van der Waals surface area contributed by atoms with E-state index in [0.717, 1.165) is 0 Å². The van der Waals surface area contributed by atoms with E-state index in [-0.39, 0.29) is 5.57 Å². The average Bonchev–Trinajstić information content (AvgIpc) is 1.99. The van der Waals surface area contributed by atoms with Crippen LogP contribution in [0, 0.1) is 6.92 Å². The highest BCUT2D eigenvalue weighted by molar-refractivity contribution is 8.19. The molecule has 6 nitrogen and oxygen atoms in total. The quantitative estimate of drug-likeness (QED) is 0.331. The third kappa shape index (κ3) is 3.42. The van der Waals surface area contributed by atoms with Crippen LogP contribution in [0.2, 0.25) is 0 Å². The van der Waals surface area contributed by atoms with Gasteiger partial charge in [0, 0.05) is 12.5 Å². The fourth-order valence-corrected chi connectivity index (χ4v) is 5.02. The van der Waals surface area contributed by atoms with Gasteiger partial charge in [-0.1, -0.05) is 6.58 Å². The normalized spacial score (nSPS) is 13.4. The van der Waals surface area contributed by atoms with Crippen molar-refractivity contribution in [1.29, 1.82) is 0 Å². The summed E-state index contributed by atoms with van der Waals surface area (Å²) in [5, 5.41) is -2.71. The van der Waals surface area contributed by atoms with Crippen LogP contribution in [0.1, 0.15) is 6.92 Å². The van der Waals surface area contributed by atoms with Crippen LogP contribution in [-0.4, -0.2) is 30.6 Å². The van der Waals surface area contributed by atoms with E-state index >= 15 is 0 Å². The van der Waals surface area contributed by atoms with Gasteiger partial charge in [-0.05, 0) is 30.5 Å². The SMILES string of the molecule is [CH2]C(OC(=O)C(=C)C)(P(O)(O)=S)P(O)(O)=S. The maximum Gasteiger partial charge on any atom is 0.334 e. The minimum atomic E-state index is -4.42. The summed E-state index contributed by atoms with van der Waals surface area (Å²) in [5.74, 6) is -1.09. The Morgan fingerprint density at radius 3 is 1.75 bits per heavy atom. The number of rotatable bonds is 4. The largest absolute Gasteiger partial charge is 0.435 e. The molecule has 93 valence electrons. The first-order chi connectivity index (χ1) is 6.83. The third-order valence-corrected chi connectivity index (χ3v) is 7.77. The lowest BCUT2D eigenvalue weighted by Crippen LogP contribution is -2.32. The predicted octanol–water partition coefficient (Wildman–Crippen LogP) is 0.182. The minimum Gasteiger partial charge on any atom is -0.435 e. The summed E-state index contributed by atoms with van der Waals surface area (Å²) in [5.41, 5.74) is -0.0973. The monoisotopic (exact) mass is 305 g/mol. The molecule has 0 saturated carbocycles. The summed E-state index contributed by atoms with van der Waals surface area (Å²) in [6, 6.07) is 0. The second-order valence-corrected chi connectivity index (χ2v) is 10.0. The molecule has 0 bridgehead atoms. The molecule has 0 heterocycles. The van der Waals surface area contributed by atoms with Crippen molar-refractivity contribution in [2.45, 2.75) is 12.0 Å². The van der Waals surface area contributed by atoms with Crippen molar-refractivity contribution in [2.24, 2.45) is 0 Å². The van der Waals surface area contributed by atoms with Crippen LogP contribution in [0.15, 0.2) is 12.2 Å². The molecular formula is C6H11O6P2S2. The van der Waals surface area contributed by atoms with E-state index < -0.39 is 24.0 Å². The molecule has 10 heteroatoms. The molecule has 0 unspecified atom stereocenters. The number of carbonyl (C=O) groups excluding carboxylic acids is 1. The zero-order chi connectivity index (χ0) is 13.4. The molecule has 4 N–H and O–H groups in total. The van der Waals surface area contributed by atoms with Crippen molar-refractivity contribution < 1.29 is 29.1 Å². The highest BCUT2D eigenvalue weighted by atomic mass is 32.5. The summed E-state index contributed by atoms with van der Waals surface area (Å²) in [6.07, 6.45) is 0. The van der Waals surface area contributed by atoms with Crippen LogP contribution in [-0.2, 0) is 33.1 Å². The molecule has 0 aromatic heterocycles. The Morgan fingerprint density at radius 2 is 1.56 bits per heavy atom. The Labute approximate surface area is 103 Å². The number of ether oxygens (including phenoxy) is 1. The van der Waals surface area contributed by atoms with Crippen molar-refractivity contribution >= 4 is 42.6 Å². The summed E-state index contributed by atoms with van der Waals surface area (Å²) in [7, 11) is 0. The topological polar surface area (TPSA) is 107 Å². The second-order valence-electron chi connectivity index (χ2n) is 3.00. The van der Waals surface area contributed by atoms with Gasteiger partial charge in [0.1, 0.15) is 0 Å². The molecule has 0 spiro atoms. The molecule has 0 aromatic rings. The first-order valence-electron chi connectivity index (χ1n) is 3.68. The molecule has 1 radical (unpaired) electrons. The smallest absolute Gasteiger partial charge is 0.334 e. The van der Waals surface area contributed by atoms with Gasteiger partial charge < -0.3 is 24.3 Å². The van der Waals surface area contributed by atoms with Crippen molar-refractivity contribution in [3.05, 3.63) is 19.1 Å². The van der Waals surface area contributed by atoms with E-state index in [1.807, 2.05) is 0 Å². The van der Waals surface area contributed by atoms with E-state index in [0.29, 0.717) is 0 Å². The van der Waals surface area contributed by atoms with Gasteiger partial charge in [0.15, 0.2) is 0 Å². The second kappa shape index (κ2) is 4.92. The summed E-state index contributed by atoms with van der Waals surface area (Å²) in [6.45, 7) is -1.29.